The highest BCUT2D eigenvalue weighted by Gasteiger charge is 2.25. The predicted molar refractivity (Wildman–Crippen MR) is 71.6 cm³/mol. The first-order chi connectivity index (χ1) is 9.40. The van der Waals surface area contributed by atoms with Crippen LogP contribution in [0.1, 0.15) is 29.8 Å². The van der Waals surface area contributed by atoms with Crippen LogP contribution < -0.4 is 5.32 Å². The van der Waals surface area contributed by atoms with E-state index in [0.29, 0.717) is 5.89 Å². The first kappa shape index (κ1) is 11.2. The van der Waals surface area contributed by atoms with Gasteiger partial charge in [-0.1, -0.05) is 17.3 Å². The lowest BCUT2D eigenvalue weighted by molar-refractivity contribution is 0.420. The van der Waals surface area contributed by atoms with Crippen LogP contribution in [0.3, 0.4) is 0 Å². The van der Waals surface area contributed by atoms with Crippen molar-refractivity contribution >= 4 is 0 Å². The number of aromatic nitrogens is 2. The molecule has 0 spiro atoms. The molecule has 4 nitrogen and oxygen atoms in total. The second-order valence-corrected chi connectivity index (χ2v) is 5.53. The van der Waals surface area contributed by atoms with Crippen molar-refractivity contribution in [1.29, 1.82) is 0 Å². The highest BCUT2D eigenvalue weighted by atomic mass is 16.5. The molecule has 2 aromatic rings. The van der Waals surface area contributed by atoms with E-state index >= 15 is 0 Å². The van der Waals surface area contributed by atoms with Gasteiger partial charge in [-0.15, -0.1) is 0 Å². The summed E-state index contributed by atoms with van der Waals surface area (Å²) in [6, 6.07) is 6.34. The molecule has 1 aromatic heterocycles. The summed E-state index contributed by atoms with van der Waals surface area (Å²) in [7, 11) is 0. The molecule has 0 bridgehead atoms. The quantitative estimate of drug-likeness (QED) is 0.914. The Labute approximate surface area is 112 Å². The summed E-state index contributed by atoms with van der Waals surface area (Å²) in [5, 5.41) is 7.51. The first-order valence-corrected chi connectivity index (χ1v) is 7.04. The molecule has 1 fully saturated rings. The smallest absolute Gasteiger partial charge is 0.258 e. The van der Waals surface area contributed by atoms with E-state index in [1.807, 2.05) is 0 Å². The van der Waals surface area contributed by atoms with E-state index in [9.17, 15) is 0 Å². The molecule has 4 rings (SSSR count). The van der Waals surface area contributed by atoms with Gasteiger partial charge in [-0.05, 0) is 48.9 Å². The summed E-state index contributed by atoms with van der Waals surface area (Å²) in [5.74, 6) is 2.35. The van der Waals surface area contributed by atoms with E-state index in [1.54, 1.807) is 0 Å². The minimum absolute atomic E-state index is 0.689. The van der Waals surface area contributed by atoms with Crippen molar-refractivity contribution in [2.75, 3.05) is 6.54 Å². The molecule has 1 N–H and O–H groups in total. The van der Waals surface area contributed by atoms with Crippen LogP contribution in [0.15, 0.2) is 22.7 Å². The molecule has 1 aliphatic carbocycles. The van der Waals surface area contributed by atoms with Gasteiger partial charge in [0.05, 0.1) is 0 Å². The topological polar surface area (TPSA) is 51.0 Å². The normalized spacial score (nSPS) is 18.3. The number of hydrogen-bond donors (Lipinski definition) is 1. The molecule has 19 heavy (non-hydrogen) atoms. The maximum absolute atomic E-state index is 5.46. The summed E-state index contributed by atoms with van der Waals surface area (Å²) in [5.41, 5.74) is 3.84. The number of fused-ring (bicyclic) bond motifs is 1. The van der Waals surface area contributed by atoms with Crippen molar-refractivity contribution in [2.45, 2.75) is 32.2 Å². The Hall–Kier alpha value is -1.68. The van der Waals surface area contributed by atoms with E-state index in [2.05, 4.69) is 33.7 Å². The van der Waals surface area contributed by atoms with Crippen LogP contribution in [0.25, 0.3) is 11.5 Å². The average molecular weight is 255 g/mol. The zero-order chi connectivity index (χ0) is 12.7. The van der Waals surface area contributed by atoms with Crippen molar-refractivity contribution in [3.05, 3.63) is 35.2 Å². The van der Waals surface area contributed by atoms with Crippen LogP contribution in [0.2, 0.25) is 0 Å². The number of nitrogens with one attached hydrogen (secondary N) is 1. The predicted octanol–water partition coefficient (Wildman–Crippen LogP) is 2.33. The highest BCUT2D eigenvalue weighted by Crippen LogP contribution is 2.33. The summed E-state index contributed by atoms with van der Waals surface area (Å²) in [6.45, 7) is 1.96. The lowest BCUT2D eigenvalue weighted by atomic mass is 9.95. The van der Waals surface area contributed by atoms with Gasteiger partial charge in [-0.3, -0.25) is 0 Å². The Balaban J connectivity index is 1.69. The van der Waals surface area contributed by atoms with E-state index < -0.39 is 0 Å². The highest BCUT2D eigenvalue weighted by molar-refractivity contribution is 5.61. The van der Waals surface area contributed by atoms with E-state index in [4.69, 9.17) is 4.52 Å². The molecular weight excluding hydrogens is 238 g/mol. The van der Waals surface area contributed by atoms with E-state index in [-0.39, 0.29) is 0 Å². The third-order valence-electron chi connectivity index (χ3n) is 4.01. The Bertz CT molecular complexity index is 601. The van der Waals surface area contributed by atoms with Crippen molar-refractivity contribution in [3.63, 3.8) is 0 Å². The molecule has 0 unspecified atom stereocenters. The van der Waals surface area contributed by atoms with Crippen LogP contribution in [0.4, 0.5) is 0 Å². The largest absolute Gasteiger partial charge is 0.334 e. The van der Waals surface area contributed by atoms with Crippen LogP contribution in [-0.4, -0.2) is 16.7 Å². The molecule has 0 atom stereocenters. The fraction of sp³-hybridized carbons (Fsp3) is 0.467. The van der Waals surface area contributed by atoms with Gasteiger partial charge >= 0.3 is 0 Å². The van der Waals surface area contributed by atoms with Crippen molar-refractivity contribution < 1.29 is 4.52 Å². The van der Waals surface area contributed by atoms with Gasteiger partial charge in [0.1, 0.15) is 0 Å². The van der Waals surface area contributed by atoms with E-state index in [0.717, 1.165) is 43.2 Å². The van der Waals surface area contributed by atoms with Gasteiger partial charge in [0.15, 0.2) is 5.82 Å². The van der Waals surface area contributed by atoms with Gasteiger partial charge in [0.2, 0.25) is 0 Å². The minimum Gasteiger partial charge on any atom is -0.334 e. The molecule has 4 heteroatoms. The minimum atomic E-state index is 0.689. The molecule has 1 aliphatic heterocycles. The van der Waals surface area contributed by atoms with Gasteiger partial charge < -0.3 is 9.84 Å². The van der Waals surface area contributed by atoms with Crippen LogP contribution in [0.5, 0.6) is 0 Å². The maximum atomic E-state index is 5.46. The Morgan fingerprint density at radius 1 is 1.32 bits per heavy atom. The van der Waals surface area contributed by atoms with E-state index in [1.165, 1.54) is 24.0 Å². The number of rotatable bonds is 3. The zero-order valence-corrected chi connectivity index (χ0v) is 10.9. The Kier molecular flexibility index (Phi) is 2.62. The molecule has 1 aromatic carbocycles. The lowest BCUT2D eigenvalue weighted by Crippen LogP contribution is -2.24. The third-order valence-corrected chi connectivity index (χ3v) is 4.01. The number of nitrogens with zero attached hydrogens (tertiary/aromatic N) is 2. The summed E-state index contributed by atoms with van der Waals surface area (Å²) in [4.78, 5) is 4.57. The second kappa shape index (κ2) is 4.46. The van der Waals surface area contributed by atoms with Gasteiger partial charge in [0.25, 0.3) is 5.89 Å². The molecule has 98 valence electrons. The first-order valence-electron chi connectivity index (χ1n) is 7.04. The van der Waals surface area contributed by atoms with Crippen LogP contribution in [0, 0.1) is 5.92 Å². The molecule has 1 saturated carbocycles. The number of benzene rings is 1. The average Bonchev–Trinajstić information content (AvgIpc) is 3.14. The maximum Gasteiger partial charge on any atom is 0.258 e. The Morgan fingerprint density at radius 3 is 3.16 bits per heavy atom. The molecule has 2 heterocycles. The zero-order valence-electron chi connectivity index (χ0n) is 10.9. The molecular formula is C15H17N3O. The van der Waals surface area contributed by atoms with Gasteiger partial charge in [-0.2, -0.15) is 4.98 Å². The SMILES string of the molecule is c1cc2c(c(-c3nc(CC4CC4)no3)c1)CCNC2. The third kappa shape index (κ3) is 2.16. The molecule has 2 aliphatic rings. The lowest BCUT2D eigenvalue weighted by Gasteiger charge is -2.18. The summed E-state index contributed by atoms with van der Waals surface area (Å²) in [6.07, 6.45) is 4.64. The summed E-state index contributed by atoms with van der Waals surface area (Å²) >= 11 is 0. The molecule has 0 radical (unpaired) electrons. The number of hydrogen-bond acceptors (Lipinski definition) is 4. The van der Waals surface area contributed by atoms with Crippen molar-refractivity contribution in [2.24, 2.45) is 5.92 Å². The molecule has 0 saturated heterocycles. The van der Waals surface area contributed by atoms with Gasteiger partial charge in [-0.25, -0.2) is 0 Å². The fourth-order valence-electron chi connectivity index (χ4n) is 2.76. The standard InChI is InChI=1S/C15H17N3O/c1-2-11-9-16-7-6-12(11)13(3-1)15-17-14(18-19-15)8-10-4-5-10/h1-3,10,16H,4-9H2. The summed E-state index contributed by atoms with van der Waals surface area (Å²) < 4.78 is 5.46. The fourth-order valence-corrected chi connectivity index (χ4v) is 2.76. The van der Waals surface area contributed by atoms with Crippen LogP contribution in [-0.2, 0) is 19.4 Å². The molecule has 0 amide bonds. The Morgan fingerprint density at radius 2 is 2.26 bits per heavy atom. The second-order valence-electron chi connectivity index (χ2n) is 5.53. The van der Waals surface area contributed by atoms with Crippen molar-refractivity contribution in [1.82, 2.24) is 15.5 Å². The monoisotopic (exact) mass is 255 g/mol. The van der Waals surface area contributed by atoms with Gasteiger partial charge in [0, 0.05) is 18.5 Å². The van der Waals surface area contributed by atoms with Crippen molar-refractivity contribution in [3.8, 4) is 11.5 Å². The van der Waals surface area contributed by atoms with Crippen LogP contribution >= 0.6 is 0 Å².